The summed E-state index contributed by atoms with van der Waals surface area (Å²) in [6, 6.07) is 3.78. The summed E-state index contributed by atoms with van der Waals surface area (Å²) in [7, 11) is 2.53. The topological polar surface area (TPSA) is 78.7 Å². The maximum atomic E-state index is 11.1. The standard InChI is InChI=1S/C9H9NO5.CH3I/c1-14-8-5-6(9(11)15-2)3-4-7(8)10(12)13;1-2/h3-5H,1-2H3;1H3. The SMILES string of the molecule is CI.COC(=O)c1ccc([N+](=O)[O-])c(OC)c1. The molecule has 17 heavy (non-hydrogen) atoms. The third-order valence-corrected chi connectivity index (χ3v) is 1.80. The summed E-state index contributed by atoms with van der Waals surface area (Å²) in [5.41, 5.74) is 0.0186. The number of carbonyl (C=O) groups is 1. The van der Waals surface area contributed by atoms with Crippen molar-refractivity contribution in [1.29, 1.82) is 0 Å². The Morgan fingerprint density at radius 1 is 1.35 bits per heavy atom. The summed E-state index contributed by atoms with van der Waals surface area (Å²) >= 11 is 2.15. The number of benzene rings is 1. The molecule has 1 aromatic carbocycles. The van der Waals surface area contributed by atoms with Crippen LogP contribution in [-0.2, 0) is 4.74 Å². The first-order chi connectivity index (χ1) is 8.10. The van der Waals surface area contributed by atoms with Crippen molar-refractivity contribution in [3.8, 4) is 5.75 Å². The van der Waals surface area contributed by atoms with Crippen molar-refractivity contribution < 1.29 is 19.2 Å². The van der Waals surface area contributed by atoms with E-state index in [1.165, 1.54) is 32.4 Å². The second kappa shape index (κ2) is 7.82. The molecule has 94 valence electrons. The fourth-order valence-corrected chi connectivity index (χ4v) is 1.07. The van der Waals surface area contributed by atoms with E-state index in [4.69, 9.17) is 4.74 Å². The highest BCUT2D eigenvalue weighted by Gasteiger charge is 2.17. The van der Waals surface area contributed by atoms with Crippen molar-refractivity contribution in [3.63, 3.8) is 0 Å². The number of esters is 1. The van der Waals surface area contributed by atoms with Crippen LogP contribution in [0.4, 0.5) is 5.69 Å². The zero-order valence-electron chi connectivity index (χ0n) is 9.60. The lowest BCUT2D eigenvalue weighted by Crippen LogP contribution is -2.02. The quantitative estimate of drug-likeness (QED) is 0.274. The maximum absolute atomic E-state index is 11.1. The molecule has 0 amide bonds. The van der Waals surface area contributed by atoms with Gasteiger partial charge in [0.15, 0.2) is 5.75 Å². The van der Waals surface area contributed by atoms with E-state index in [-0.39, 0.29) is 17.0 Å². The Bertz CT molecular complexity index is 408. The number of methoxy groups -OCH3 is 2. The summed E-state index contributed by atoms with van der Waals surface area (Å²) in [5, 5.41) is 10.5. The number of carbonyl (C=O) groups excluding carboxylic acids is 1. The molecule has 0 radical (unpaired) electrons. The number of nitrogens with zero attached hydrogens (tertiary/aromatic N) is 1. The van der Waals surface area contributed by atoms with Gasteiger partial charge < -0.3 is 9.47 Å². The number of alkyl halides is 1. The van der Waals surface area contributed by atoms with Crippen LogP contribution in [0.3, 0.4) is 0 Å². The van der Waals surface area contributed by atoms with Crippen LogP contribution in [-0.4, -0.2) is 30.0 Å². The molecule has 1 aromatic rings. The lowest BCUT2D eigenvalue weighted by molar-refractivity contribution is -0.385. The van der Waals surface area contributed by atoms with Crippen LogP contribution in [0.15, 0.2) is 18.2 Å². The van der Waals surface area contributed by atoms with Gasteiger partial charge in [-0.1, -0.05) is 22.6 Å². The van der Waals surface area contributed by atoms with Gasteiger partial charge in [0.05, 0.1) is 24.7 Å². The number of rotatable bonds is 3. The zero-order valence-corrected chi connectivity index (χ0v) is 11.8. The molecule has 7 heteroatoms. The van der Waals surface area contributed by atoms with E-state index in [0.717, 1.165) is 0 Å². The average molecular weight is 353 g/mol. The zero-order chi connectivity index (χ0) is 13.4. The predicted octanol–water partition coefficient (Wildman–Crippen LogP) is 2.44. The third kappa shape index (κ3) is 4.17. The van der Waals surface area contributed by atoms with Gasteiger partial charge in [-0.3, -0.25) is 10.1 Å². The molecular formula is C10H12INO5. The predicted molar refractivity (Wildman–Crippen MR) is 70.9 cm³/mol. The Morgan fingerprint density at radius 2 is 1.94 bits per heavy atom. The Balaban J connectivity index is 0.00000121. The molecule has 0 saturated heterocycles. The van der Waals surface area contributed by atoms with Gasteiger partial charge in [0, 0.05) is 12.1 Å². The van der Waals surface area contributed by atoms with Crippen LogP contribution in [0.1, 0.15) is 10.4 Å². The van der Waals surface area contributed by atoms with E-state index in [9.17, 15) is 14.9 Å². The Hall–Kier alpha value is -1.38. The molecule has 0 aliphatic heterocycles. The molecule has 0 saturated carbocycles. The van der Waals surface area contributed by atoms with Crippen molar-refractivity contribution in [2.45, 2.75) is 0 Å². The summed E-state index contributed by atoms with van der Waals surface area (Å²) in [4.78, 5) is 23.0. The van der Waals surface area contributed by atoms with Gasteiger partial charge in [0.25, 0.3) is 0 Å². The second-order valence-corrected chi connectivity index (χ2v) is 2.64. The van der Waals surface area contributed by atoms with Crippen molar-refractivity contribution in [2.75, 3.05) is 19.2 Å². The second-order valence-electron chi connectivity index (χ2n) is 2.64. The third-order valence-electron chi connectivity index (χ3n) is 1.80. The van der Waals surface area contributed by atoms with Gasteiger partial charge in [-0.25, -0.2) is 4.79 Å². The van der Waals surface area contributed by atoms with Gasteiger partial charge in [0.2, 0.25) is 0 Å². The van der Waals surface area contributed by atoms with E-state index in [0.29, 0.717) is 0 Å². The van der Waals surface area contributed by atoms with E-state index in [2.05, 4.69) is 27.3 Å². The van der Waals surface area contributed by atoms with Crippen molar-refractivity contribution in [2.24, 2.45) is 0 Å². The van der Waals surface area contributed by atoms with Gasteiger partial charge in [-0.2, -0.15) is 0 Å². The van der Waals surface area contributed by atoms with Gasteiger partial charge >= 0.3 is 11.7 Å². The Morgan fingerprint density at radius 3 is 2.35 bits per heavy atom. The normalized spacial score (nSPS) is 8.71. The maximum Gasteiger partial charge on any atom is 0.337 e. The molecule has 0 bridgehead atoms. The first-order valence-corrected chi connectivity index (χ1v) is 6.54. The minimum atomic E-state index is -0.583. The number of nitro groups is 1. The molecular weight excluding hydrogens is 341 g/mol. The average Bonchev–Trinajstić information content (AvgIpc) is 2.39. The molecule has 0 aliphatic carbocycles. The molecule has 0 fully saturated rings. The molecule has 0 atom stereocenters. The molecule has 0 spiro atoms. The number of hydrogen-bond acceptors (Lipinski definition) is 5. The Kier molecular flexibility index (Phi) is 7.19. The van der Waals surface area contributed by atoms with Crippen LogP contribution < -0.4 is 4.74 Å². The van der Waals surface area contributed by atoms with Crippen LogP contribution >= 0.6 is 22.6 Å². The number of hydrogen-bond donors (Lipinski definition) is 0. The fraction of sp³-hybridized carbons (Fsp3) is 0.300. The molecule has 0 heterocycles. The highest BCUT2D eigenvalue weighted by molar-refractivity contribution is 14.1. The van der Waals surface area contributed by atoms with Crippen LogP contribution in [0.2, 0.25) is 0 Å². The van der Waals surface area contributed by atoms with Crippen LogP contribution in [0, 0.1) is 10.1 Å². The summed E-state index contributed by atoms with van der Waals surface area (Å²) < 4.78 is 9.26. The monoisotopic (exact) mass is 353 g/mol. The Labute approximate surface area is 112 Å². The molecule has 6 nitrogen and oxygen atoms in total. The van der Waals surface area contributed by atoms with Gasteiger partial charge in [-0.15, -0.1) is 0 Å². The summed E-state index contributed by atoms with van der Waals surface area (Å²) in [5.74, 6) is -0.536. The number of nitro benzene ring substituents is 1. The summed E-state index contributed by atoms with van der Waals surface area (Å²) in [6.45, 7) is 0. The highest BCUT2D eigenvalue weighted by Crippen LogP contribution is 2.27. The van der Waals surface area contributed by atoms with Crippen LogP contribution in [0.25, 0.3) is 0 Å². The van der Waals surface area contributed by atoms with E-state index in [1.54, 1.807) is 0 Å². The minimum absolute atomic E-state index is 0.0305. The first kappa shape index (κ1) is 15.6. The van der Waals surface area contributed by atoms with Crippen molar-refractivity contribution in [1.82, 2.24) is 0 Å². The van der Waals surface area contributed by atoms with Gasteiger partial charge in [0.1, 0.15) is 0 Å². The van der Waals surface area contributed by atoms with E-state index in [1.807, 2.05) is 4.93 Å². The lowest BCUT2D eigenvalue weighted by atomic mass is 10.2. The van der Waals surface area contributed by atoms with Crippen LogP contribution in [0.5, 0.6) is 5.75 Å². The fourth-order valence-electron chi connectivity index (χ4n) is 1.07. The molecule has 1 rings (SSSR count). The largest absolute Gasteiger partial charge is 0.490 e. The molecule has 0 unspecified atom stereocenters. The smallest absolute Gasteiger partial charge is 0.337 e. The van der Waals surface area contributed by atoms with Crippen molar-refractivity contribution >= 4 is 34.2 Å². The highest BCUT2D eigenvalue weighted by atomic mass is 127. The minimum Gasteiger partial charge on any atom is -0.490 e. The van der Waals surface area contributed by atoms with E-state index < -0.39 is 10.9 Å². The number of halogens is 1. The first-order valence-electron chi connectivity index (χ1n) is 4.38. The summed E-state index contributed by atoms with van der Waals surface area (Å²) in [6.07, 6.45) is 0. The van der Waals surface area contributed by atoms with E-state index >= 15 is 0 Å². The van der Waals surface area contributed by atoms with Gasteiger partial charge in [-0.05, 0) is 11.0 Å². The lowest BCUT2D eigenvalue weighted by Gasteiger charge is -2.03. The number of ether oxygens (including phenoxy) is 2. The molecule has 0 aliphatic rings. The molecule has 0 N–H and O–H groups in total. The molecule has 0 aromatic heterocycles. The van der Waals surface area contributed by atoms with Crippen molar-refractivity contribution in [3.05, 3.63) is 33.9 Å².